The van der Waals surface area contributed by atoms with Gasteiger partial charge >= 0.3 is 5.97 Å². The highest BCUT2D eigenvalue weighted by Gasteiger charge is 2.25. The number of anilines is 2. The Balaban J connectivity index is 2.12. The predicted molar refractivity (Wildman–Crippen MR) is 69.6 cm³/mol. The molecule has 5 heteroatoms. The number of nitrogen functional groups attached to an aromatic ring is 1. The van der Waals surface area contributed by atoms with E-state index >= 15 is 0 Å². The van der Waals surface area contributed by atoms with E-state index in [1.807, 2.05) is 6.92 Å². The van der Waals surface area contributed by atoms with Crippen molar-refractivity contribution in [3.05, 3.63) is 23.8 Å². The Labute approximate surface area is 106 Å². The van der Waals surface area contributed by atoms with Crippen LogP contribution in [0.4, 0.5) is 11.4 Å². The van der Waals surface area contributed by atoms with Gasteiger partial charge in [0, 0.05) is 12.6 Å². The Morgan fingerprint density at radius 3 is 2.89 bits per heavy atom. The first-order chi connectivity index (χ1) is 8.61. The summed E-state index contributed by atoms with van der Waals surface area (Å²) in [5, 5.41) is 3.27. The molecule has 2 atom stereocenters. The lowest BCUT2D eigenvalue weighted by atomic mass is 10.0. The highest BCUT2D eigenvalue weighted by atomic mass is 16.5. The van der Waals surface area contributed by atoms with Crippen molar-refractivity contribution in [1.82, 2.24) is 0 Å². The first-order valence-corrected chi connectivity index (χ1v) is 5.98. The summed E-state index contributed by atoms with van der Waals surface area (Å²) in [6, 6.07) is 5.21. The monoisotopic (exact) mass is 250 g/mol. The Morgan fingerprint density at radius 1 is 1.61 bits per heavy atom. The van der Waals surface area contributed by atoms with Crippen molar-refractivity contribution >= 4 is 17.3 Å². The van der Waals surface area contributed by atoms with E-state index in [1.54, 1.807) is 18.2 Å². The molecule has 0 aliphatic carbocycles. The molecule has 0 aromatic heterocycles. The predicted octanol–water partition coefficient (Wildman–Crippen LogP) is 1.64. The van der Waals surface area contributed by atoms with E-state index in [2.05, 4.69) is 10.1 Å². The molecular formula is C13H18N2O3. The summed E-state index contributed by atoms with van der Waals surface area (Å²) in [7, 11) is 1.36. The van der Waals surface area contributed by atoms with Gasteiger partial charge in [-0.2, -0.15) is 0 Å². The molecule has 2 rings (SSSR count). The van der Waals surface area contributed by atoms with E-state index in [0.29, 0.717) is 11.3 Å². The number of hydrogen-bond acceptors (Lipinski definition) is 5. The van der Waals surface area contributed by atoms with Crippen LogP contribution in [0.1, 0.15) is 23.7 Å². The van der Waals surface area contributed by atoms with Crippen molar-refractivity contribution in [2.45, 2.75) is 25.5 Å². The number of methoxy groups -OCH3 is 1. The highest BCUT2D eigenvalue weighted by molar-refractivity contribution is 5.92. The third kappa shape index (κ3) is 2.56. The number of hydrogen-bond donors (Lipinski definition) is 2. The quantitative estimate of drug-likeness (QED) is 0.628. The van der Waals surface area contributed by atoms with E-state index in [1.165, 1.54) is 7.11 Å². The summed E-state index contributed by atoms with van der Waals surface area (Å²) in [5.41, 5.74) is 7.71. The van der Waals surface area contributed by atoms with Crippen LogP contribution in [0.25, 0.3) is 0 Å². The van der Waals surface area contributed by atoms with Crippen LogP contribution in [-0.4, -0.2) is 31.8 Å². The summed E-state index contributed by atoms with van der Waals surface area (Å²) in [6.07, 6.45) is 1.26. The molecule has 0 spiro atoms. The lowest BCUT2D eigenvalue weighted by molar-refractivity contribution is -0.0575. The van der Waals surface area contributed by atoms with Crippen LogP contribution in [0.15, 0.2) is 18.2 Å². The molecule has 1 unspecified atom stereocenters. The van der Waals surface area contributed by atoms with Crippen molar-refractivity contribution in [3.8, 4) is 0 Å². The molecule has 1 aromatic carbocycles. The molecular weight excluding hydrogens is 232 g/mol. The standard InChI is InChI=1S/C13H18N2O3/c1-8(12-5-6-18-12)15-11-7-9(13(16)17-2)3-4-10(11)14/h3-4,7-8,12,15H,5-6,14H2,1-2H3/t8?,12-/m0/s1. The van der Waals surface area contributed by atoms with Gasteiger partial charge in [0.2, 0.25) is 0 Å². The Kier molecular flexibility index (Phi) is 3.72. The molecule has 98 valence electrons. The molecule has 5 nitrogen and oxygen atoms in total. The van der Waals surface area contributed by atoms with Crippen LogP contribution in [0.2, 0.25) is 0 Å². The molecule has 0 saturated carbocycles. The highest BCUT2D eigenvalue weighted by Crippen LogP contribution is 2.24. The maximum absolute atomic E-state index is 11.4. The van der Waals surface area contributed by atoms with E-state index in [9.17, 15) is 4.79 Å². The zero-order valence-electron chi connectivity index (χ0n) is 10.6. The number of rotatable bonds is 4. The zero-order valence-corrected chi connectivity index (χ0v) is 10.6. The molecule has 1 saturated heterocycles. The Hall–Kier alpha value is -1.75. The van der Waals surface area contributed by atoms with Crippen molar-refractivity contribution in [2.24, 2.45) is 0 Å². The number of esters is 1. The zero-order chi connectivity index (χ0) is 13.1. The minimum Gasteiger partial charge on any atom is -0.465 e. The maximum Gasteiger partial charge on any atom is 0.337 e. The molecule has 0 radical (unpaired) electrons. The first-order valence-electron chi connectivity index (χ1n) is 5.98. The smallest absolute Gasteiger partial charge is 0.337 e. The number of nitrogens with one attached hydrogen (secondary N) is 1. The summed E-state index contributed by atoms with van der Waals surface area (Å²) < 4.78 is 10.1. The van der Waals surface area contributed by atoms with Crippen LogP contribution < -0.4 is 11.1 Å². The summed E-state index contributed by atoms with van der Waals surface area (Å²) in [6.45, 7) is 2.85. The molecule has 0 bridgehead atoms. The molecule has 0 amide bonds. The van der Waals surface area contributed by atoms with Crippen LogP contribution in [0, 0.1) is 0 Å². The van der Waals surface area contributed by atoms with Crippen LogP contribution in [-0.2, 0) is 9.47 Å². The average molecular weight is 250 g/mol. The minimum absolute atomic E-state index is 0.161. The second kappa shape index (κ2) is 5.27. The summed E-state index contributed by atoms with van der Waals surface area (Å²) in [5.74, 6) is -0.370. The number of ether oxygens (including phenoxy) is 2. The van der Waals surface area contributed by atoms with Gasteiger partial charge in [-0.3, -0.25) is 0 Å². The first kappa shape index (κ1) is 12.7. The second-order valence-electron chi connectivity index (χ2n) is 4.42. The van der Waals surface area contributed by atoms with Crippen molar-refractivity contribution in [2.75, 3.05) is 24.8 Å². The third-order valence-corrected chi connectivity index (χ3v) is 3.15. The van der Waals surface area contributed by atoms with Crippen molar-refractivity contribution < 1.29 is 14.3 Å². The van der Waals surface area contributed by atoms with Gasteiger partial charge in [0.25, 0.3) is 0 Å². The summed E-state index contributed by atoms with van der Waals surface area (Å²) in [4.78, 5) is 11.4. The molecule has 1 aromatic rings. The lowest BCUT2D eigenvalue weighted by Gasteiger charge is -2.33. The molecule has 1 aliphatic heterocycles. The van der Waals surface area contributed by atoms with Gasteiger partial charge < -0.3 is 20.5 Å². The maximum atomic E-state index is 11.4. The van der Waals surface area contributed by atoms with Gasteiger partial charge in [-0.25, -0.2) is 4.79 Å². The third-order valence-electron chi connectivity index (χ3n) is 3.15. The van der Waals surface area contributed by atoms with E-state index in [4.69, 9.17) is 10.5 Å². The number of nitrogens with two attached hydrogens (primary N) is 1. The fourth-order valence-corrected chi connectivity index (χ4v) is 1.91. The van der Waals surface area contributed by atoms with Gasteiger partial charge in [0.15, 0.2) is 0 Å². The lowest BCUT2D eigenvalue weighted by Crippen LogP contribution is -2.41. The van der Waals surface area contributed by atoms with Crippen LogP contribution >= 0.6 is 0 Å². The van der Waals surface area contributed by atoms with E-state index < -0.39 is 0 Å². The fourth-order valence-electron chi connectivity index (χ4n) is 1.91. The van der Waals surface area contributed by atoms with Crippen LogP contribution in [0.5, 0.6) is 0 Å². The number of benzene rings is 1. The number of carbonyl (C=O) groups is 1. The largest absolute Gasteiger partial charge is 0.465 e. The molecule has 3 N–H and O–H groups in total. The van der Waals surface area contributed by atoms with E-state index in [0.717, 1.165) is 18.7 Å². The number of carbonyl (C=O) groups excluding carboxylic acids is 1. The topological polar surface area (TPSA) is 73.6 Å². The van der Waals surface area contributed by atoms with Gasteiger partial charge in [-0.05, 0) is 31.5 Å². The Morgan fingerprint density at radius 2 is 2.33 bits per heavy atom. The normalized spacial score (nSPS) is 19.8. The average Bonchev–Trinajstić information content (AvgIpc) is 2.28. The molecule has 1 heterocycles. The minimum atomic E-state index is -0.370. The van der Waals surface area contributed by atoms with Gasteiger partial charge in [-0.1, -0.05) is 0 Å². The molecule has 18 heavy (non-hydrogen) atoms. The van der Waals surface area contributed by atoms with Crippen molar-refractivity contribution in [3.63, 3.8) is 0 Å². The van der Waals surface area contributed by atoms with Gasteiger partial charge in [-0.15, -0.1) is 0 Å². The fraction of sp³-hybridized carbons (Fsp3) is 0.462. The second-order valence-corrected chi connectivity index (χ2v) is 4.42. The SMILES string of the molecule is COC(=O)c1ccc(N)c(NC(C)[C@@H]2CCO2)c1. The molecule has 1 aliphatic rings. The summed E-state index contributed by atoms with van der Waals surface area (Å²) >= 11 is 0. The van der Waals surface area contributed by atoms with Crippen molar-refractivity contribution in [1.29, 1.82) is 0 Å². The van der Waals surface area contributed by atoms with Gasteiger partial charge in [0.1, 0.15) is 0 Å². The van der Waals surface area contributed by atoms with Gasteiger partial charge in [0.05, 0.1) is 30.2 Å². The van der Waals surface area contributed by atoms with Crippen LogP contribution in [0.3, 0.4) is 0 Å². The Bertz CT molecular complexity index is 444. The van der Waals surface area contributed by atoms with E-state index in [-0.39, 0.29) is 18.1 Å². The molecule has 1 fully saturated rings.